The Morgan fingerprint density at radius 1 is 0.786 bits per heavy atom. The van der Waals surface area contributed by atoms with E-state index >= 15 is 0 Å². The van der Waals surface area contributed by atoms with Gasteiger partial charge in [-0.1, -0.05) is 56.5 Å². The lowest BCUT2D eigenvalue weighted by atomic mass is 10.0. The number of azide groups is 1. The van der Waals surface area contributed by atoms with Gasteiger partial charge in [0.25, 0.3) is 0 Å². The van der Waals surface area contributed by atoms with Crippen LogP contribution in [0.5, 0.6) is 0 Å². The second-order valence-electron chi connectivity index (χ2n) is 4.26. The summed E-state index contributed by atoms with van der Waals surface area (Å²) in [5, 5.41) is 3.87. The summed E-state index contributed by atoms with van der Waals surface area (Å²) in [6, 6.07) is 0.276. The number of hydrogen-bond acceptors (Lipinski definition) is 1. The molecule has 0 N–H and O–H groups in total. The van der Waals surface area contributed by atoms with Crippen molar-refractivity contribution in [3.05, 3.63) is 10.4 Å². The third-order valence-electron chi connectivity index (χ3n) is 3.04. The van der Waals surface area contributed by atoms with Gasteiger partial charge in [0.1, 0.15) is 0 Å². The minimum Gasteiger partial charge on any atom is -0.0906 e. The highest BCUT2D eigenvalue weighted by atomic mass is 15.1. The molecule has 1 fully saturated rings. The second-order valence-corrected chi connectivity index (χ2v) is 4.26. The van der Waals surface area contributed by atoms with E-state index in [9.17, 15) is 0 Å². The average Bonchev–Trinajstić information content (AvgIpc) is 2.24. The van der Waals surface area contributed by atoms with Crippen LogP contribution >= 0.6 is 0 Å². The van der Waals surface area contributed by atoms with E-state index in [1.807, 2.05) is 0 Å². The van der Waals surface area contributed by atoms with Gasteiger partial charge in [-0.3, -0.25) is 0 Å². The lowest BCUT2D eigenvalue weighted by Gasteiger charge is -2.08. The molecule has 0 bridgehead atoms. The molecule has 0 saturated heterocycles. The van der Waals surface area contributed by atoms with Crippen LogP contribution in [-0.2, 0) is 0 Å². The van der Waals surface area contributed by atoms with E-state index in [2.05, 4.69) is 10.0 Å². The third kappa shape index (κ3) is 5.13. The smallest absolute Gasteiger partial charge is 0.0374 e. The fraction of sp³-hybridized carbons (Fsp3) is 1.00. The molecular weight excluding hydrogens is 174 g/mol. The van der Waals surface area contributed by atoms with Crippen LogP contribution in [0.1, 0.15) is 64.2 Å². The van der Waals surface area contributed by atoms with E-state index in [1.54, 1.807) is 0 Å². The van der Waals surface area contributed by atoms with E-state index in [-0.39, 0.29) is 6.04 Å². The van der Waals surface area contributed by atoms with Gasteiger partial charge >= 0.3 is 0 Å². The highest BCUT2D eigenvalue weighted by molar-refractivity contribution is 4.68. The molecule has 1 rings (SSSR count). The molecule has 1 aliphatic rings. The van der Waals surface area contributed by atoms with Crippen LogP contribution in [0.4, 0.5) is 0 Å². The minimum atomic E-state index is 0.276. The van der Waals surface area contributed by atoms with Gasteiger partial charge < -0.3 is 0 Å². The number of rotatable bonds is 1. The third-order valence-corrected chi connectivity index (χ3v) is 3.04. The average molecular weight is 195 g/mol. The van der Waals surface area contributed by atoms with Crippen LogP contribution in [0.25, 0.3) is 10.4 Å². The van der Waals surface area contributed by atoms with Crippen LogP contribution in [0.2, 0.25) is 0 Å². The summed E-state index contributed by atoms with van der Waals surface area (Å²) in [4.78, 5) is 2.93. The predicted octanol–water partition coefficient (Wildman–Crippen LogP) is 4.58. The Kier molecular flexibility index (Phi) is 6.25. The molecule has 0 heterocycles. The standard InChI is InChI=1S/C11H21N3/c12-14-13-11-9-7-5-3-1-2-4-6-8-10-11/h11H,1-10H2. The molecule has 14 heavy (non-hydrogen) atoms. The first-order valence-electron chi connectivity index (χ1n) is 5.97. The zero-order valence-electron chi connectivity index (χ0n) is 8.99. The summed E-state index contributed by atoms with van der Waals surface area (Å²) in [5.41, 5.74) is 8.42. The van der Waals surface area contributed by atoms with Crippen molar-refractivity contribution in [3.63, 3.8) is 0 Å². The van der Waals surface area contributed by atoms with Crippen LogP contribution in [0, 0.1) is 0 Å². The quantitative estimate of drug-likeness (QED) is 0.334. The van der Waals surface area contributed by atoms with E-state index in [0.29, 0.717) is 0 Å². The molecule has 0 aromatic carbocycles. The summed E-state index contributed by atoms with van der Waals surface area (Å²) in [6.45, 7) is 0. The Hall–Kier alpha value is -0.690. The zero-order valence-corrected chi connectivity index (χ0v) is 8.99. The van der Waals surface area contributed by atoms with Gasteiger partial charge in [0, 0.05) is 11.0 Å². The fourth-order valence-electron chi connectivity index (χ4n) is 2.15. The lowest BCUT2D eigenvalue weighted by molar-refractivity contribution is 0.508. The van der Waals surface area contributed by atoms with Gasteiger partial charge in [-0.05, 0) is 18.4 Å². The van der Waals surface area contributed by atoms with Gasteiger partial charge in [0.2, 0.25) is 0 Å². The van der Waals surface area contributed by atoms with Crippen LogP contribution in [0.15, 0.2) is 5.11 Å². The SMILES string of the molecule is [N-]=[N+]=NC1CCCCCCCCCC1. The van der Waals surface area contributed by atoms with Crippen LogP contribution < -0.4 is 0 Å². The van der Waals surface area contributed by atoms with Crippen molar-refractivity contribution in [2.75, 3.05) is 0 Å². The van der Waals surface area contributed by atoms with Gasteiger partial charge in [0.15, 0.2) is 0 Å². The Morgan fingerprint density at radius 2 is 1.21 bits per heavy atom. The summed E-state index contributed by atoms with van der Waals surface area (Å²) >= 11 is 0. The van der Waals surface area contributed by atoms with Crippen molar-refractivity contribution in [2.45, 2.75) is 70.3 Å². The maximum atomic E-state index is 8.42. The Balaban J connectivity index is 2.30. The molecule has 80 valence electrons. The van der Waals surface area contributed by atoms with Crippen molar-refractivity contribution in [1.82, 2.24) is 0 Å². The molecule has 3 nitrogen and oxygen atoms in total. The van der Waals surface area contributed by atoms with Crippen LogP contribution in [0.3, 0.4) is 0 Å². The molecular formula is C11H21N3. The first kappa shape index (κ1) is 11.4. The highest BCUT2D eigenvalue weighted by Gasteiger charge is 2.06. The van der Waals surface area contributed by atoms with Crippen molar-refractivity contribution < 1.29 is 0 Å². The minimum absolute atomic E-state index is 0.276. The van der Waals surface area contributed by atoms with E-state index in [0.717, 1.165) is 12.8 Å². The van der Waals surface area contributed by atoms with Crippen molar-refractivity contribution >= 4 is 0 Å². The second kappa shape index (κ2) is 7.69. The summed E-state index contributed by atoms with van der Waals surface area (Å²) < 4.78 is 0. The van der Waals surface area contributed by atoms with E-state index < -0.39 is 0 Å². The molecule has 0 amide bonds. The molecule has 1 aliphatic carbocycles. The molecule has 0 aliphatic heterocycles. The Labute approximate surface area is 86.5 Å². The molecule has 0 unspecified atom stereocenters. The summed E-state index contributed by atoms with van der Waals surface area (Å²) in [6.07, 6.45) is 12.8. The lowest BCUT2D eigenvalue weighted by Crippen LogP contribution is -2.02. The normalized spacial score (nSPS) is 22.0. The van der Waals surface area contributed by atoms with Gasteiger partial charge in [-0.25, -0.2) is 0 Å². The molecule has 0 spiro atoms. The number of hydrogen-bond donors (Lipinski definition) is 0. The molecule has 0 atom stereocenters. The summed E-state index contributed by atoms with van der Waals surface area (Å²) in [7, 11) is 0. The highest BCUT2D eigenvalue weighted by Crippen LogP contribution is 2.18. The molecule has 0 radical (unpaired) electrons. The Morgan fingerprint density at radius 3 is 1.64 bits per heavy atom. The first-order valence-corrected chi connectivity index (χ1v) is 5.97. The van der Waals surface area contributed by atoms with Crippen molar-refractivity contribution in [1.29, 1.82) is 0 Å². The largest absolute Gasteiger partial charge is 0.0906 e. The Bertz CT molecular complexity index is 173. The van der Waals surface area contributed by atoms with Gasteiger partial charge in [-0.15, -0.1) is 0 Å². The zero-order chi connectivity index (χ0) is 10.1. The predicted molar refractivity (Wildman–Crippen MR) is 59.1 cm³/mol. The van der Waals surface area contributed by atoms with Crippen molar-refractivity contribution in [2.24, 2.45) is 5.11 Å². The molecule has 0 aromatic heterocycles. The summed E-state index contributed by atoms with van der Waals surface area (Å²) in [5.74, 6) is 0. The van der Waals surface area contributed by atoms with E-state index in [4.69, 9.17) is 5.53 Å². The first-order chi connectivity index (χ1) is 6.93. The maximum absolute atomic E-state index is 8.42. The van der Waals surface area contributed by atoms with Gasteiger partial charge in [0.05, 0.1) is 0 Å². The fourth-order valence-corrected chi connectivity index (χ4v) is 2.15. The molecule has 1 saturated carbocycles. The van der Waals surface area contributed by atoms with Crippen molar-refractivity contribution in [3.8, 4) is 0 Å². The van der Waals surface area contributed by atoms with E-state index in [1.165, 1.54) is 51.4 Å². The topological polar surface area (TPSA) is 48.8 Å². The maximum Gasteiger partial charge on any atom is 0.0374 e. The van der Waals surface area contributed by atoms with Gasteiger partial charge in [-0.2, -0.15) is 0 Å². The van der Waals surface area contributed by atoms with Crippen LogP contribution in [-0.4, -0.2) is 6.04 Å². The molecule has 3 heteroatoms. The molecule has 0 aromatic rings. The monoisotopic (exact) mass is 195 g/mol. The number of nitrogens with zero attached hydrogens (tertiary/aromatic N) is 3.